The maximum atomic E-state index is 12.6. The molecule has 1 aliphatic rings. The van der Waals surface area contributed by atoms with E-state index in [0.717, 1.165) is 18.5 Å². The first kappa shape index (κ1) is 17.8. The molecule has 0 atom stereocenters. The zero-order valence-electron chi connectivity index (χ0n) is 13.5. The smallest absolute Gasteiger partial charge is 0.417 e. The summed E-state index contributed by atoms with van der Waals surface area (Å²) in [6, 6.07) is 5.02. The van der Waals surface area contributed by atoms with Crippen molar-refractivity contribution in [2.45, 2.75) is 6.18 Å². The molecule has 10 heteroatoms. The standard InChI is InChI=1S/C16H15F3N4O3/c17-16(18,19)11-1-3-13(20-9-11)22-5-7-23(8-6-22)15(25)26-14-4-2-12(24)10-21-14/h1-4,9-10,24H,5-8H2. The number of ether oxygens (including phenoxy) is 1. The van der Waals surface area contributed by atoms with Crippen molar-refractivity contribution in [1.82, 2.24) is 14.9 Å². The van der Waals surface area contributed by atoms with Gasteiger partial charge >= 0.3 is 12.3 Å². The summed E-state index contributed by atoms with van der Waals surface area (Å²) in [5, 5.41) is 9.15. The average molecular weight is 368 g/mol. The maximum Gasteiger partial charge on any atom is 0.417 e. The number of anilines is 1. The van der Waals surface area contributed by atoms with Crippen molar-refractivity contribution in [3.63, 3.8) is 0 Å². The third-order valence-corrected chi connectivity index (χ3v) is 3.85. The first-order valence-electron chi connectivity index (χ1n) is 7.73. The Bertz CT molecular complexity index is 758. The molecule has 0 spiro atoms. The summed E-state index contributed by atoms with van der Waals surface area (Å²) in [5.74, 6) is 0.452. The Balaban J connectivity index is 1.55. The number of halogens is 3. The lowest BCUT2D eigenvalue weighted by Crippen LogP contribution is -2.49. The molecule has 2 aromatic heterocycles. The predicted molar refractivity (Wildman–Crippen MR) is 85.0 cm³/mol. The van der Waals surface area contributed by atoms with Crippen LogP contribution in [0.4, 0.5) is 23.8 Å². The molecule has 1 saturated heterocycles. The molecule has 0 radical (unpaired) electrons. The van der Waals surface area contributed by atoms with Crippen LogP contribution in [0.1, 0.15) is 5.56 Å². The van der Waals surface area contributed by atoms with E-state index in [1.807, 2.05) is 0 Å². The van der Waals surface area contributed by atoms with Crippen LogP contribution in [0.25, 0.3) is 0 Å². The highest BCUT2D eigenvalue weighted by atomic mass is 19.4. The van der Waals surface area contributed by atoms with E-state index in [4.69, 9.17) is 9.84 Å². The van der Waals surface area contributed by atoms with Crippen LogP contribution in [0.15, 0.2) is 36.7 Å². The number of rotatable bonds is 2. The van der Waals surface area contributed by atoms with Crippen LogP contribution in [-0.2, 0) is 6.18 Å². The molecule has 7 nitrogen and oxygen atoms in total. The largest absolute Gasteiger partial charge is 0.506 e. The van der Waals surface area contributed by atoms with Crippen molar-refractivity contribution < 1.29 is 27.8 Å². The van der Waals surface area contributed by atoms with Gasteiger partial charge in [-0.2, -0.15) is 13.2 Å². The van der Waals surface area contributed by atoms with Gasteiger partial charge in [0, 0.05) is 38.4 Å². The zero-order valence-corrected chi connectivity index (χ0v) is 13.5. The fraction of sp³-hybridized carbons (Fsp3) is 0.312. The molecular formula is C16H15F3N4O3. The minimum absolute atomic E-state index is 0.0394. The molecule has 1 amide bonds. The molecular weight excluding hydrogens is 353 g/mol. The molecule has 0 saturated carbocycles. The van der Waals surface area contributed by atoms with Gasteiger partial charge in [0.05, 0.1) is 11.8 Å². The van der Waals surface area contributed by atoms with E-state index in [1.54, 1.807) is 4.90 Å². The van der Waals surface area contributed by atoms with Gasteiger partial charge in [-0.3, -0.25) is 0 Å². The molecule has 3 rings (SSSR count). The molecule has 0 aromatic carbocycles. The van der Waals surface area contributed by atoms with Crippen LogP contribution >= 0.6 is 0 Å². The van der Waals surface area contributed by atoms with Crippen molar-refractivity contribution in [2.24, 2.45) is 0 Å². The molecule has 1 fully saturated rings. The first-order valence-corrected chi connectivity index (χ1v) is 7.73. The van der Waals surface area contributed by atoms with E-state index < -0.39 is 17.8 Å². The van der Waals surface area contributed by atoms with E-state index >= 15 is 0 Å². The first-order chi connectivity index (χ1) is 12.3. The summed E-state index contributed by atoms with van der Waals surface area (Å²) < 4.78 is 42.8. The second kappa shape index (κ2) is 7.06. The summed E-state index contributed by atoms with van der Waals surface area (Å²) in [5.41, 5.74) is -0.801. The van der Waals surface area contributed by atoms with Crippen molar-refractivity contribution in [3.05, 3.63) is 42.2 Å². The van der Waals surface area contributed by atoms with Gasteiger partial charge in [-0.05, 0) is 18.2 Å². The van der Waals surface area contributed by atoms with Crippen molar-refractivity contribution in [1.29, 1.82) is 0 Å². The van der Waals surface area contributed by atoms with Gasteiger partial charge < -0.3 is 19.6 Å². The van der Waals surface area contributed by atoms with E-state index in [2.05, 4.69) is 9.97 Å². The van der Waals surface area contributed by atoms with Crippen LogP contribution in [-0.4, -0.2) is 52.2 Å². The van der Waals surface area contributed by atoms with Gasteiger partial charge in [-0.15, -0.1) is 0 Å². The Labute approximate surface area is 146 Å². The fourth-order valence-electron chi connectivity index (χ4n) is 2.45. The van der Waals surface area contributed by atoms with E-state index in [0.29, 0.717) is 32.0 Å². The SMILES string of the molecule is O=C(Oc1ccc(O)cn1)N1CCN(c2ccc(C(F)(F)F)cn2)CC1. The molecule has 0 aliphatic carbocycles. The lowest BCUT2D eigenvalue weighted by molar-refractivity contribution is -0.137. The summed E-state index contributed by atoms with van der Waals surface area (Å²) in [6.07, 6.45) is -3.04. The highest BCUT2D eigenvalue weighted by Crippen LogP contribution is 2.29. The van der Waals surface area contributed by atoms with E-state index in [-0.39, 0.29) is 11.6 Å². The molecule has 1 aliphatic heterocycles. The second-order valence-electron chi connectivity index (χ2n) is 5.60. The van der Waals surface area contributed by atoms with Gasteiger partial charge in [-0.1, -0.05) is 0 Å². The van der Waals surface area contributed by atoms with Gasteiger partial charge in [0.2, 0.25) is 5.88 Å². The number of piperazine rings is 1. The van der Waals surface area contributed by atoms with Gasteiger partial charge in [0.1, 0.15) is 11.6 Å². The number of aromatic nitrogens is 2. The van der Waals surface area contributed by atoms with Gasteiger partial charge in [-0.25, -0.2) is 14.8 Å². The van der Waals surface area contributed by atoms with Gasteiger partial charge in [0.25, 0.3) is 0 Å². The molecule has 138 valence electrons. The van der Waals surface area contributed by atoms with Crippen molar-refractivity contribution >= 4 is 11.9 Å². The Kier molecular flexibility index (Phi) is 4.83. The van der Waals surface area contributed by atoms with Crippen molar-refractivity contribution in [2.75, 3.05) is 31.1 Å². The molecule has 0 unspecified atom stereocenters. The Morgan fingerprint density at radius 2 is 1.77 bits per heavy atom. The summed E-state index contributed by atoms with van der Waals surface area (Å²) >= 11 is 0. The van der Waals surface area contributed by atoms with Crippen molar-refractivity contribution in [3.8, 4) is 11.6 Å². The quantitative estimate of drug-likeness (QED) is 0.878. The predicted octanol–water partition coefficient (Wildman–Crippen LogP) is 2.52. The fourth-order valence-corrected chi connectivity index (χ4v) is 2.45. The summed E-state index contributed by atoms with van der Waals surface area (Å²) in [7, 11) is 0. The van der Waals surface area contributed by atoms with Crippen LogP contribution in [0.5, 0.6) is 11.6 Å². The normalized spacial score (nSPS) is 15.0. The molecule has 1 N–H and O–H groups in total. The lowest BCUT2D eigenvalue weighted by atomic mass is 10.2. The number of hydrogen-bond donors (Lipinski definition) is 1. The Hall–Kier alpha value is -3.04. The Morgan fingerprint density at radius 1 is 1.04 bits per heavy atom. The van der Waals surface area contributed by atoms with Gasteiger partial charge in [0.15, 0.2) is 0 Å². The third kappa shape index (κ3) is 4.13. The number of pyridine rings is 2. The maximum absolute atomic E-state index is 12.6. The number of amides is 1. The minimum Gasteiger partial charge on any atom is -0.506 e. The van der Waals surface area contributed by atoms with E-state index in [1.165, 1.54) is 23.1 Å². The number of carbonyl (C=O) groups excluding carboxylic acids is 1. The second-order valence-corrected chi connectivity index (χ2v) is 5.60. The highest BCUT2D eigenvalue weighted by molar-refractivity contribution is 5.70. The number of carbonyl (C=O) groups is 1. The third-order valence-electron chi connectivity index (χ3n) is 3.85. The van der Waals surface area contributed by atoms with Crippen LogP contribution in [0, 0.1) is 0 Å². The molecule has 26 heavy (non-hydrogen) atoms. The van der Waals surface area contributed by atoms with E-state index in [9.17, 15) is 18.0 Å². The molecule has 0 bridgehead atoms. The summed E-state index contributed by atoms with van der Waals surface area (Å²) in [6.45, 7) is 1.49. The molecule has 3 heterocycles. The number of alkyl halides is 3. The highest BCUT2D eigenvalue weighted by Gasteiger charge is 2.31. The summed E-state index contributed by atoms with van der Waals surface area (Å²) in [4.78, 5) is 23.0. The van der Waals surface area contributed by atoms with Crippen LogP contribution in [0.3, 0.4) is 0 Å². The minimum atomic E-state index is -4.42. The average Bonchev–Trinajstić information content (AvgIpc) is 2.63. The topological polar surface area (TPSA) is 78.8 Å². The Morgan fingerprint density at radius 3 is 2.31 bits per heavy atom. The lowest BCUT2D eigenvalue weighted by Gasteiger charge is -2.34. The monoisotopic (exact) mass is 368 g/mol. The van der Waals surface area contributed by atoms with Crippen LogP contribution in [0.2, 0.25) is 0 Å². The zero-order chi connectivity index (χ0) is 18.7. The van der Waals surface area contributed by atoms with Crippen LogP contribution < -0.4 is 9.64 Å². The number of hydrogen-bond acceptors (Lipinski definition) is 6. The number of aromatic hydroxyl groups is 1. The molecule has 2 aromatic rings. The number of nitrogens with zero attached hydrogens (tertiary/aromatic N) is 4.